The lowest BCUT2D eigenvalue weighted by Crippen LogP contribution is -2.15. The molecule has 0 atom stereocenters. The van der Waals surface area contributed by atoms with Crippen LogP contribution in [0.4, 0.5) is 5.69 Å². The van der Waals surface area contributed by atoms with Gasteiger partial charge in [0.1, 0.15) is 11.5 Å². The molecule has 1 N–H and O–H groups in total. The lowest BCUT2D eigenvalue weighted by atomic mass is 10.2. The maximum atomic E-state index is 12.5. The van der Waals surface area contributed by atoms with Crippen molar-refractivity contribution in [2.45, 2.75) is 18.6 Å². The number of ether oxygens (including phenoxy) is 2. The molecule has 0 radical (unpaired) electrons. The Balaban J connectivity index is 1.75. The second kappa shape index (κ2) is 9.98. The number of nitrogens with one attached hydrogen (secondary N) is 1. The molecule has 2 aromatic carbocycles. The number of amides is 1. The number of thioether (sulfide) groups is 1. The number of carbonyl (C=O) groups excluding carboxylic acids is 1. The molecule has 0 spiro atoms. The first-order valence-corrected chi connectivity index (χ1v) is 10.3. The predicted molar refractivity (Wildman–Crippen MR) is 119 cm³/mol. The molecule has 0 aliphatic carbocycles. The molecule has 0 fully saturated rings. The zero-order valence-electron chi connectivity index (χ0n) is 17.2. The number of allylic oxidation sites excluding steroid dienone is 1. The van der Waals surface area contributed by atoms with E-state index in [0.29, 0.717) is 29.0 Å². The van der Waals surface area contributed by atoms with Crippen molar-refractivity contribution in [2.24, 2.45) is 0 Å². The maximum Gasteiger partial charge on any atom is 0.234 e. The molecule has 0 aliphatic rings. The normalized spacial score (nSPS) is 10.5. The van der Waals surface area contributed by atoms with E-state index in [9.17, 15) is 4.79 Å². The Bertz CT molecular complexity index is 1050. The number of aromatic nitrogens is 3. The van der Waals surface area contributed by atoms with Crippen molar-refractivity contribution in [2.75, 3.05) is 25.3 Å². The van der Waals surface area contributed by atoms with Gasteiger partial charge in [-0.3, -0.25) is 9.36 Å². The van der Waals surface area contributed by atoms with Gasteiger partial charge in [0.15, 0.2) is 11.0 Å². The SMILES string of the molecule is C=CCn1c(SCC(=O)Nc2cc(C)ccc2OC)nnc1-c1cccc(OC)c1. The van der Waals surface area contributed by atoms with Crippen LogP contribution in [-0.2, 0) is 11.3 Å². The Hall–Kier alpha value is -3.26. The Morgan fingerprint density at radius 3 is 2.77 bits per heavy atom. The van der Waals surface area contributed by atoms with Crippen LogP contribution in [0.2, 0.25) is 0 Å². The van der Waals surface area contributed by atoms with Crippen molar-refractivity contribution in [3.05, 3.63) is 60.7 Å². The summed E-state index contributed by atoms with van der Waals surface area (Å²) in [6.07, 6.45) is 1.77. The molecule has 1 amide bonds. The number of methoxy groups -OCH3 is 2. The Morgan fingerprint density at radius 2 is 2.03 bits per heavy atom. The van der Waals surface area contributed by atoms with E-state index in [1.165, 1.54) is 11.8 Å². The van der Waals surface area contributed by atoms with Gasteiger partial charge in [-0.25, -0.2) is 0 Å². The minimum Gasteiger partial charge on any atom is -0.497 e. The van der Waals surface area contributed by atoms with E-state index < -0.39 is 0 Å². The summed E-state index contributed by atoms with van der Waals surface area (Å²) in [5.41, 5.74) is 2.56. The van der Waals surface area contributed by atoms with E-state index in [1.807, 2.05) is 54.0 Å². The van der Waals surface area contributed by atoms with Crippen LogP contribution < -0.4 is 14.8 Å². The number of benzene rings is 2. The number of anilines is 1. The highest BCUT2D eigenvalue weighted by molar-refractivity contribution is 7.99. The van der Waals surface area contributed by atoms with Gasteiger partial charge in [-0.1, -0.05) is 36.0 Å². The van der Waals surface area contributed by atoms with Gasteiger partial charge in [0.25, 0.3) is 0 Å². The lowest BCUT2D eigenvalue weighted by Gasteiger charge is -2.11. The number of nitrogens with zero attached hydrogens (tertiary/aromatic N) is 3. The van der Waals surface area contributed by atoms with Gasteiger partial charge >= 0.3 is 0 Å². The smallest absolute Gasteiger partial charge is 0.234 e. The average molecular weight is 425 g/mol. The van der Waals surface area contributed by atoms with Crippen LogP contribution in [0.15, 0.2) is 60.3 Å². The molecule has 1 aromatic heterocycles. The second-order valence-corrected chi connectivity index (χ2v) is 7.42. The summed E-state index contributed by atoms with van der Waals surface area (Å²) in [6, 6.07) is 13.3. The molecule has 30 heavy (non-hydrogen) atoms. The summed E-state index contributed by atoms with van der Waals surface area (Å²) in [6.45, 7) is 6.30. The summed E-state index contributed by atoms with van der Waals surface area (Å²) >= 11 is 1.31. The standard InChI is InChI=1S/C22H24N4O3S/c1-5-11-26-21(16-7-6-8-17(13-16)28-3)24-25-22(26)30-14-20(27)23-18-12-15(2)9-10-19(18)29-4/h5-10,12-13H,1,11,14H2,2-4H3,(H,23,27). The molecule has 8 heteroatoms. The van der Waals surface area contributed by atoms with Gasteiger partial charge in [0, 0.05) is 12.1 Å². The summed E-state index contributed by atoms with van der Waals surface area (Å²) < 4.78 is 12.5. The molecule has 1 heterocycles. The first-order chi connectivity index (χ1) is 14.5. The number of carbonyl (C=O) groups is 1. The molecule has 3 aromatic rings. The number of aryl methyl sites for hydroxylation is 1. The Kier molecular flexibility index (Phi) is 7.13. The fourth-order valence-electron chi connectivity index (χ4n) is 2.90. The highest BCUT2D eigenvalue weighted by Gasteiger charge is 2.16. The van der Waals surface area contributed by atoms with E-state index in [2.05, 4.69) is 22.1 Å². The molecule has 0 aliphatic heterocycles. The monoisotopic (exact) mass is 424 g/mol. The van der Waals surface area contributed by atoms with Crippen molar-refractivity contribution in [3.63, 3.8) is 0 Å². The van der Waals surface area contributed by atoms with Crippen LogP contribution in [-0.4, -0.2) is 40.6 Å². The molecule has 3 rings (SSSR count). The lowest BCUT2D eigenvalue weighted by molar-refractivity contribution is -0.113. The third-order valence-corrected chi connectivity index (χ3v) is 5.28. The van der Waals surface area contributed by atoms with Crippen LogP contribution in [0.25, 0.3) is 11.4 Å². The van der Waals surface area contributed by atoms with E-state index in [-0.39, 0.29) is 11.7 Å². The fourth-order valence-corrected chi connectivity index (χ4v) is 3.65. The highest BCUT2D eigenvalue weighted by Crippen LogP contribution is 2.28. The first-order valence-electron chi connectivity index (χ1n) is 9.31. The quantitative estimate of drug-likeness (QED) is 0.410. The molecular formula is C22H24N4O3S. The second-order valence-electron chi connectivity index (χ2n) is 6.48. The average Bonchev–Trinajstić information content (AvgIpc) is 3.15. The maximum absolute atomic E-state index is 12.5. The van der Waals surface area contributed by atoms with Crippen molar-refractivity contribution in [3.8, 4) is 22.9 Å². The third kappa shape index (κ3) is 5.01. The molecule has 0 unspecified atom stereocenters. The van der Waals surface area contributed by atoms with Gasteiger partial charge < -0.3 is 14.8 Å². The van der Waals surface area contributed by atoms with Crippen molar-refractivity contribution < 1.29 is 14.3 Å². The van der Waals surface area contributed by atoms with E-state index in [0.717, 1.165) is 16.9 Å². The molecule has 0 saturated heterocycles. The van der Waals surface area contributed by atoms with E-state index in [1.54, 1.807) is 20.3 Å². The minimum absolute atomic E-state index is 0.153. The Morgan fingerprint density at radius 1 is 1.20 bits per heavy atom. The number of hydrogen-bond acceptors (Lipinski definition) is 6. The summed E-state index contributed by atoms with van der Waals surface area (Å²) in [5.74, 6) is 2.08. The van der Waals surface area contributed by atoms with Crippen LogP contribution >= 0.6 is 11.8 Å². The summed E-state index contributed by atoms with van der Waals surface area (Å²) in [5, 5.41) is 12.1. The summed E-state index contributed by atoms with van der Waals surface area (Å²) in [7, 11) is 3.20. The number of rotatable bonds is 9. The van der Waals surface area contributed by atoms with E-state index >= 15 is 0 Å². The van der Waals surface area contributed by atoms with Crippen molar-refractivity contribution in [1.29, 1.82) is 0 Å². The highest BCUT2D eigenvalue weighted by atomic mass is 32.2. The van der Waals surface area contributed by atoms with Crippen LogP contribution in [0.3, 0.4) is 0 Å². The number of hydrogen-bond donors (Lipinski definition) is 1. The van der Waals surface area contributed by atoms with Gasteiger partial charge in [0.2, 0.25) is 5.91 Å². The fraction of sp³-hybridized carbons (Fsp3) is 0.227. The van der Waals surface area contributed by atoms with Gasteiger partial charge in [-0.05, 0) is 36.8 Å². The van der Waals surface area contributed by atoms with E-state index in [4.69, 9.17) is 9.47 Å². The Labute approximate surface area is 180 Å². The third-order valence-electron chi connectivity index (χ3n) is 4.32. The zero-order chi connectivity index (χ0) is 21.5. The molecular weight excluding hydrogens is 400 g/mol. The largest absolute Gasteiger partial charge is 0.497 e. The van der Waals surface area contributed by atoms with Gasteiger partial charge in [-0.2, -0.15) is 0 Å². The van der Waals surface area contributed by atoms with Crippen LogP contribution in [0, 0.1) is 6.92 Å². The first kappa shape index (κ1) is 21.4. The van der Waals surface area contributed by atoms with Gasteiger partial charge in [-0.15, -0.1) is 16.8 Å². The molecule has 0 bridgehead atoms. The van der Waals surface area contributed by atoms with Gasteiger partial charge in [0.05, 0.1) is 25.7 Å². The van der Waals surface area contributed by atoms with Crippen molar-refractivity contribution in [1.82, 2.24) is 14.8 Å². The molecule has 7 nitrogen and oxygen atoms in total. The van der Waals surface area contributed by atoms with Crippen LogP contribution in [0.1, 0.15) is 5.56 Å². The zero-order valence-corrected chi connectivity index (χ0v) is 18.0. The predicted octanol–water partition coefficient (Wildman–Crippen LogP) is 4.19. The molecule has 156 valence electrons. The van der Waals surface area contributed by atoms with Crippen molar-refractivity contribution >= 4 is 23.4 Å². The summed E-state index contributed by atoms with van der Waals surface area (Å²) in [4.78, 5) is 12.5. The molecule has 0 saturated carbocycles. The topological polar surface area (TPSA) is 78.3 Å². The van der Waals surface area contributed by atoms with Crippen LogP contribution in [0.5, 0.6) is 11.5 Å². The minimum atomic E-state index is -0.153.